The second-order valence-corrected chi connectivity index (χ2v) is 4.19. The van der Waals surface area contributed by atoms with Crippen LogP contribution in [0.2, 0.25) is 0 Å². The molecule has 0 heterocycles. The molecule has 1 atom stereocenters. The number of methoxy groups -OCH3 is 1. The van der Waals surface area contributed by atoms with Crippen LogP contribution in [0.25, 0.3) is 0 Å². The molecular weight excluding hydrogens is 248 g/mol. The van der Waals surface area contributed by atoms with Gasteiger partial charge < -0.3 is 20.9 Å². The molecule has 0 aromatic heterocycles. The van der Waals surface area contributed by atoms with Gasteiger partial charge in [0.2, 0.25) is 11.8 Å². The van der Waals surface area contributed by atoms with Crippen molar-refractivity contribution >= 4 is 17.5 Å². The maximum Gasteiger partial charge on any atom is 0.228 e. The van der Waals surface area contributed by atoms with Gasteiger partial charge in [0, 0.05) is 18.2 Å². The number of phenols is 1. The predicted molar refractivity (Wildman–Crippen MR) is 70.6 cm³/mol. The molecule has 0 fully saturated rings. The number of nitrogens with two attached hydrogens (primary N) is 1. The van der Waals surface area contributed by atoms with Crippen LogP contribution in [0.15, 0.2) is 18.2 Å². The smallest absolute Gasteiger partial charge is 0.228 e. The van der Waals surface area contributed by atoms with Gasteiger partial charge in [-0.05, 0) is 18.1 Å². The van der Waals surface area contributed by atoms with Gasteiger partial charge in [-0.3, -0.25) is 9.59 Å². The van der Waals surface area contributed by atoms with Crippen molar-refractivity contribution in [3.8, 4) is 11.5 Å². The Labute approximate surface area is 111 Å². The van der Waals surface area contributed by atoms with E-state index in [1.54, 1.807) is 13.0 Å². The molecule has 6 nitrogen and oxygen atoms in total. The Balaban J connectivity index is 2.57. The lowest BCUT2D eigenvalue weighted by Gasteiger charge is -2.10. The van der Waals surface area contributed by atoms with E-state index in [0.29, 0.717) is 11.4 Å². The fourth-order valence-corrected chi connectivity index (χ4v) is 1.59. The number of benzene rings is 1. The van der Waals surface area contributed by atoms with E-state index in [1.807, 2.05) is 0 Å². The third-order valence-electron chi connectivity index (χ3n) is 2.41. The molecule has 1 aromatic carbocycles. The predicted octanol–water partition coefficient (Wildman–Crippen LogP) is 1.06. The largest absolute Gasteiger partial charge is 0.504 e. The van der Waals surface area contributed by atoms with Crippen molar-refractivity contribution in [3.05, 3.63) is 24.6 Å². The van der Waals surface area contributed by atoms with E-state index in [2.05, 4.69) is 5.32 Å². The van der Waals surface area contributed by atoms with Gasteiger partial charge >= 0.3 is 0 Å². The summed E-state index contributed by atoms with van der Waals surface area (Å²) in [6.45, 7) is 1.72. The van der Waals surface area contributed by atoms with Gasteiger partial charge in [-0.25, -0.2) is 0 Å². The lowest BCUT2D eigenvalue weighted by molar-refractivity contribution is -0.118. The van der Waals surface area contributed by atoms with E-state index in [1.165, 1.54) is 25.7 Å². The molecule has 0 saturated heterocycles. The number of primary amides is 1. The van der Waals surface area contributed by atoms with Crippen molar-refractivity contribution in [1.82, 2.24) is 0 Å². The van der Waals surface area contributed by atoms with Gasteiger partial charge in [-0.2, -0.15) is 0 Å². The van der Waals surface area contributed by atoms with Gasteiger partial charge in [0.05, 0.1) is 13.5 Å². The summed E-state index contributed by atoms with van der Waals surface area (Å²) >= 11 is 0. The first-order valence-corrected chi connectivity index (χ1v) is 5.73. The Morgan fingerprint density at radius 1 is 1.53 bits per heavy atom. The number of phenolic OH excluding ortho intramolecular Hbond substituents is 1. The summed E-state index contributed by atoms with van der Waals surface area (Å²) in [7, 11) is 1.44. The maximum absolute atomic E-state index is 11.6. The average molecular weight is 265 g/mol. The van der Waals surface area contributed by atoms with Crippen molar-refractivity contribution < 1.29 is 19.4 Å². The van der Waals surface area contributed by atoms with Crippen LogP contribution < -0.4 is 15.8 Å². The number of rotatable bonds is 6. The normalized spacial score (nSPS) is 11.7. The maximum atomic E-state index is 11.6. The number of amides is 2. The highest BCUT2D eigenvalue weighted by Crippen LogP contribution is 2.28. The first-order valence-electron chi connectivity index (χ1n) is 5.73. The van der Waals surface area contributed by atoms with Crippen LogP contribution in [0.3, 0.4) is 0 Å². The van der Waals surface area contributed by atoms with Crippen molar-refractivity contribution in [3.63, 3.8) is 0 Å². The zero-order chi connectivity index (χ0) is 14.4. The van der Waals surface area contributed by atoms with Crippen LogP contribution in [-0.2, 0) is 9.59 Å². The molecule has 0 aliphatic rings. The molecule has 0 saturated carbocycles. The molecule has 1 radical (unpaired) electrons. The zero-order valence-corrected chi connectivity index (χ0v) is 10.8. The topological polar surface area (TPSA) is 102 Å². The average Bonchev–Trinajstić information content (AvgIpc) is 2.27. The quantitative estimate of drug-likeness (QED) is 0.715. The summed E-state index contributed by atoms with van der Waals surface area (Å²) in [5.74, 6) is -0.809. The van der Waals surface area contributed by atoms with E-state index in [9.17, 15) is 14.7 Å². The first-order chi connectivity index (χ1) is 8.92. The number of nitrogens with one attached hydrogen (secondary N) is 1. The van der Waals surface area contributed by atoms with E-state index < -0.39 is 5.91 Å². The highest BCUT2D eigenvalue weighted by Gasteiger charge is 2.13. The summed E-state index contributed by atoms with van der Waals surface area (Å²) in [4.78, 5) is 22.3. The third kappa shape index (κ3) is 4.87. The van der Waals surface area contributed by atoms with E-state index >= 15 is 0 Å². The molecule has 0 aliphatic carbocycles. The van der Waals surface area contributed by atoms with E-state index in [4.69, 9.17) is 10.5 Å². The Bertz CT molecular complexity index is 474. The standard InChI is InChI=1S/C13H17N2O4/c1-8(5-12(14)17)6-13(18)15-9-3-4-11(19-2)10(16)7-9/h3-4,6-8,16H,5H2,1-2H3,(H2,14,17)(H,15,18)/t8-/m1/s1. The SMILES string of the molecule is COc1ccc(NC(=O)[CH][C@H](C)CC(N)=O)cc1O. The lowest BCUT2D eigenvalue weighted by Crippen LogP contribution is -2.20. The minimum atomic E-state index is -0.460. The summed E-state index contributed by atoms with van der Waals surface area (Å²) in [6.07, 6.45) is 1.48. The molecule has 1 aromatic rings. The van der Waals surface area contributed by atoms with Crippen molar-refractivity contribution in [2.45, 2.75) is 13.3 Å². The van der Waals surface area contributed by atoms with Gasteiger partial charge in [-0.1, -0.05) is 6.92 Å². The second-order valence-electron chi connectivity index (χ2n) is 4.19. The van der Waals surface area contributed by atoms with Gasteiger partial charge in [-0.15, -0.1) is 0 Å². The third-order valence-corrected chi connectivity index (χ3v) is 2.41. The molecule has 2 amide bonds. The summed E-state index contributed by atoms with van der Waals surface area (Å²) in [5, 5.41) is 12.1. The van der Waals surface area contributed by atoms with Crippen LogP contribution in [0.4, 0.5) is 5.69 Å². The first kappa shape index (κ1) is 14.8. The minimum Gasteiger partial charge on any atom is -0.504 e. The summed E-state index contributed by atoms with van der Waals surface area (Å²) < 4.78 is 4.89. The van der Waals surface area contributed by atoms with Crippen molar-refractivity contribution in [1.29, 1.82) is 0 Å². The highest BCUT2D eigenvalue weighted by atomic mass is 16.5. The lowest BCUT2D eigenvalue weighted by atomic mass is 10.0. The highest BCUT2D eigenvalue weighted by molar-refractivity contribution is 5.97. The molecule has 4 N–H and O–H groups in total. The molecule has 0 unspecified atom stereocenters. The number of anilines is 1. The van der Waals surface area contributed by atoms with Crippen molar-refractivity contribution in [2.24, 2.45) is 11.7 Å². The van der Waals surface area contributed by atoms with Gasteiger partial charge in [0.25, 0.3) is 0 Å². The molecule has 1 rings (SSSR count). The summed E-state index contributed by atoms with van der Waals surface area (Å²) in [5.41, 5.74) is 5.47. The Hall–Kier alpha value is -2.24. The van der Waals surface area contributed by atoms with E-state index in [0.717, 1.165) is 0 Å². The number of ether oxygens (including phenoxy) is 1. The molecular formula is C13H17N2O4. The van der Waals surface area contributed by atoms with Crippen LogP contribution in [0.1, 0.15) is 13.3 Å². The summed E-state index contributed by atoms with van der Waals surface area (Å²) in [6, 6.07) is 4.52. The van der Waals surface area contributed by atoms with E-state index in [-0.39, 0.29) is 24.0 Å². The Morgan fingerprint density at radius 3 is 2.74 bits per heavy atom. The number of hydrogen-bond acceptors (Lipinski definition) is 4. The molecule has 0 bridgehead atoms. The fourth-order valence-electron chi connectivity index (χ4n) is 1.59. The van der Waals surface area contributed by atoms with Crippen molar-refractivity contribution in [2.75, 3.05) is 12.4 Å². The minimum absolute atomic E-state index is 0.0644. The fraction of sp³-hybridized carbons (Fsp3) is 0.308. The molecule has 19 heavy (non-hydrogen) atoms. The van der Waals surface area contributed by atoms with Gasteiger partial charge in [0.15, 0.2) is 11.5 Å². The van der Waals surface area contributed by atoms with Gasteiger partial charge in [0.1, 0.15) is 0 Å². The van der Waals surface area contributed by atoms with Crippen LogP contribution in [0, 0.1) is 12.3 Å². The second kappa shape index (κ2) is 6.63. The molecule has 6 heteroatoms. The van der Waals surface area contributed by atoms with Crippen LogP contribution in [-0.4, -0.2) is 24.0 Å². The van der Waals surface area contributed by atoms with Crippen LogP contribution in [0.5, 0.6) is 11.5 Å². The zero-order valence-electron chi connectivity index (χ0n) is 10.8. The molecule has 103 valence electrons. The molecule has 0 aliphatic heterocycles. The number of carbonyl (C=O) groups is 2. The number of aromatic hydroxyl groups is 1. The Kier molecular flexibility index (Phi) is 5.17. The molecule has 0 spiro atoms. The number of carbonyl (C=O) groups excluding carboxylic acids is 2. The monoisotopic (exact) mass is 265 g/mol. The van der Waals surface area contributed by atoms with Crippen LogP contribution >= 0.6 is 0 Å². The Morgan fingerprint density at radius 2 is 2.21 bits per heavy atom. The number of hydrogen-bond donors (Lipinski definition) is 3.